The van der Waals surface area contributed by atoms with E-state index in [2.05, 4.69) is 6.07 Å². The number of hydrogen-bond donors (Lipinski definition) is 0. The summed E-state index contributed by atoms with van der Waals surface area (Å²) in [6, 6.07) is 15.9. The van der Waals surface area contributed by atoms with Crippen molar-refractivity contribution in [3.63, 3.8) is 0 Å². The highest BCUT2D eigenvalue weighted by Gasteiger charge is 2.09. The van der Waals surface area contributed by atoms with Crippen molar-refractivity contribution in [3.8, 4) is 11.8 Å². The van der Waals surface area contributed by atoms with Gasteiger partial charge in [-0.1, -0.05) is 18.2 Å². The van der Waals surface area contributed by atoms with Crippen LogP contribution in [0.5, 0.6) is 5.75 Å². The van der Waals surface area contributed by atoms with Crippen molar-refractivity contribution in [2.45, 2.75) is 26.6 Å². The minimum atomic E-state index is -0.427. The first-order chi connectivity index (χ1) is 10.6. The number of rotatable bonds is 5. The smallest absolute Gasteiger partial charge is 0.338 e. The standard InChI is InChI=1S/C18H17NO3/c1-13(2)22-17-9-7-14(8-10-17)18(20)21-12-16-6-4-3-5-15(16)11-19/h3-10,13H,12H2,1-2H3. The molecule has 4 nitrogen and oxygen atoms in total. The molecule has 0 aromatic heterocycles. The third-order valence-electron chi connectivity index (χ3n) is 2.96. The second kappa shape index (κ2) is 7.28. The van der Waals surface area contributed by atoms with Gasteiger partial charge in [0, 0.05) is 5.56 Å². The number of nitriles is 1. The van der Waals surface area contributed by atoms with Crippen molar-refractivity contribution in [2.75, 3.05) is 0 Å². The summed E-state index contributed by atoms with van der Waals surface area (Å²) in [6.45, 7) is 3.95. The number of benzene rings is 2. The maximum absolute atomic E-state index is 12.0. The van der Waals surface area contributed by atoms with Crippen LogP contribution in [0.2, 0.25) is 0 Å². The Morgan fingerprint density at radius 1 is 1.14 bits per heavy atom. The Bertz CT molecular complexity index is 684. The summed E-state index contributed by atoms with van der Waals surface area (Å²) in [5.74, 6) is 0.283. The number of esters is 1. The van der Waals surface area contributed by atoms with Gasteiger partial charge in [-0.05, 0) is 44.2 Å². The van der Waals surface area contributed by atoms with Gasteiger partial charge in [0.2, 0.25) is 0 Å². The lowest BCUT2D eigenvalue weighted by atomic mass is 10.1. The van der Waals surface area contributed by atoms with E-state index < -0.39 is 5.97 Å². The van der Waals surface area contributed by atoms with E-state index in [-0.39, 0.29) is 12.7 Å². The minimum Gasteiger partial charge on any atom is -0.491 e. The summed E-state index contributed by atoms with van der Waals surface area (Å²) < 4.78 is 10.8. The van der Waals surface area contributed by atoms with Crippen molar-refractivity contribution in [1.82, 2.24) is 0 Å². The second-order valence-electron chi connectivity index (χ2n) is 5.04. The normalized spacial score (nSPS) is 10.1. The third kappa shape index (κ3) is 4.10. The fourth-order valence-electron chi connectivity index (χ4n) is 1.92. The molecule has 112 valence electrons. The molecule has 0 fully saturated rings. The maximum Gasteiger partial charge on any atom is 0.338 e. The monoisotopic (exact) mass is 295 g/mol. The van der Waals surface area contributed by atoms with Gasteiger partial charge in [-0.2, -0.15) is 5.26 Å². The van der Waals surface area contributed by atoms with Crippen molar-refractivity contribution in [3.05, 3.63) is 65.2 Å². The summed E-state index contributed by atoms with van der Waals surface area (Å²) in [7, 11) is 0. The fraction of sp³-hybridized carbons (Fsp3) is 0.222. The first-order valence-electron chi connectivity index (χ1n) is 7.02. The fourth-order valence-corrected chi connectivity index (χ4v) is 1.92. The van der Waals surface area contributed by atoms with E-state index in [0.29, 0.717) is 22.4 Å². The number of nitrogens with zero attached hydrogens (tertiary/aromatic N) is 1. The Kier molecular flexibility index (Phi) is 5.16. The first-order valence-corrected chi connectivity index (χ1v) is 7.02. The van der Waals surface area contributed by atoms with E-state index in [4.69, 9.17) is 14.7 Å². The predicted molar refractivity (Wildman–Crippen MR) is 82.5 cm³/mol. The molecule has 0 radical (unpaired) electrons. The Hall–Kier alpha value is -2.80. The molecule has 0 amide bonds. The highest BCUT2D eigenvalue weighted by Crippen LogP contribution is 2.15. The molecule has 0 spiro atoms. The average Bonchev–Trinajstić information content (AvgIpc) is 2.53. The molecule has 0 aliphatic rings. The lowest BCUT2D eigenvalue weighted by Gasteiger charge is -2.10. The van der Waals surface area contributed by atoms with E-state index in [0.717, 1.165) is 0 Å². The number of carbonyl (C=O) groups is 1. The Labute approximate surface area is 129 Å². The Balaban J connectivity index is 1.99. The molecule has 0 N–H and O–H groups in total. The summed E-state index contributed by atoms with van der Waals surface area (Å²) in [6.07, 6.45) is 0.0836. The molecule has 0 unspecified atom stereocenters. The molecule has 0 bridgehead atoms. The van der Waals surface area contributed by atoms with Crippen molar-refractivity contribution >= 4 is 5.97 Å². The molecular weight excluding hydrogens is 278 g/mol. The van der Waals surface area contributed by atoms with Gasteiger partial charge in [-0.3, -0.25) is 0 Å². The van der Waals surface area contributed by atoms with Crippen LogP contribution in [0.4, 0.5) is 0 Å². The first kappa shape index (κ1) is 15.6. The molecule has 2 aromatic rings. The van der Waals surface area contributed by atoms with Gasteiger partial charge in [-0.25, -0.2) is 4.79 Å². The van der Waals surface area contributed by atoms with Gasteiger partial charge >= 0.3 is 5.97 Å². The topological polar surface area (TPSA) is 59.3 Å². The van der Waals surface area contributed by atoms with E-state index >= 15 is 0 Å². The van der Waals surface area contributed by atoms with Gasteiger partial charge in [0.05, 0.1) is 23.3 Å². The van der Waals surface area contributed by atoms with Crippen molar-refractivity contribution < 1.29 is 14.3 Å². The zero-order valence-corrected chi connectivity index (χ0v) is 12.6. The van der Waals surface area contributed by atoms with Gasteiger partial charge in [-0.15, -0.1) is 0 Å². The summed E-state index contributed by atoms with van der Waals surface area (Å²) in [5.41, 5.74) is 1.65. The number of carbonyl (C=O) groups excluding carboxylic acids is 1. The molecule has 0 aliphatic heterocycles. The van der Waals surface area contributed by atoms with E-state index in [1.54, 1.807) is 42.5 Å². The Morgan fingerprint density at radius 3 is 2.45 bits per heavy atom. The molecule has 0 atom stereocenters. The van der Waals surface area contributed by atoms with Crippen LogP contribution in [0.25, 0.3) is 0 Å². The summed E-state index contributed by atoms with van der Waals surface area (Å²) >= 11 is 0. The molecule has 0 aliphatic carbocycles. The zero-order chi connectivity index (χ0) is 15.9. The summed E-state index contributed by atoms with van der Waals surface area (Å²) in [4.78, 5) is 12.0. The van der Waals surface area contributed by atoms with Crippen LogP contribution in [-0.4, -0.2) is 12.1 Å². The molecule has 2 rings (SSSR count). The van der Waals surface area contributed by atoms with E-state index in [1.807, 2.05) is 19.9 Å². The van der Waals surface area contributed by atoms with E-state index in [9.17, 15) is 4.79 Å². The third-order valence-corrected chi connectivity index (χ3v) is 2.96. The lowest BCUT2D eigenvalue weighted by Crippen LogP contribution is -2.07. The molecule has 0 saturated carbocycles. The lowest BCUT2D eigenvalue weighted by molar-refractivity contribution is 0.0472. The van der Waals surface area contributed by atoms with Crippen LogP contribution in [-0.2, 0) is 11.3 Å². The average molecular weight is 295 g/mol. The van der Waals surface area contributed by atoms with Crippen LogP contribution >= 0.6 is 0 Å². The summed E-state index contributed by atoms with van der Waals surface area (Å²) in [5, 5.41) is 9.00. The molecule has 0 heterocycles. The molecule has 22 heavy (non-hydrogen) atoms. The highest BCUT2D eigenvalue weighted by atomic mass is 16.5. The maximum atomic E-state index is 12.0. The largest absolute Gasteiger partial charge is 0.491 e. The van der Waals surface area contributed by atoms with E-state index in [1.165, 1.54) is 0 Å². The van der Waals surface area contributed by atoms with Crippen LogP contribution in [0.3, 0.4) is 0 Å². The predicted octanol–water partition coefficient (Wildman–Crippen LogP) is 3.70. The van der Waals surface area contributed by atoms with Crippen molar-refractivity contribution in [1.29, 1.82) is 5.26 Å². The second-order valence-corrected chi connectivity index (χ2v) is 5.04. The van der Waals surface area contributed by atoms with Gasteiger partial charge in [0.1, 0.15) is 12.4 Å². The van der Waals surface area contributed by atoms with Gasteiger partial charge < -0.3 is 9.47 Å². The number of hydrogen-bond acceptors (Lipinski definition) is 4. The van der Waals surface area contributed by atoms with Crippen LogP contribution < -0.4 is 4.74 Å². The minimum absolute atomic E-state index is 0.0762. The highest BCUT2D eigenvalue weighted by molar-refractivity contribution is 5.89. The number of ether oxygens (including phenoxy) is 2. The van der Waals surface area contributed by atoms with Crippen LogP contribution in [0, 0.1) is 11.3 Å². The Morgan fingerprint density at radius 2 is 1.82 bits per heavy atom. The van der Waals surface area contributed by atoms with Crippen molar-refractivity contribution in [2.24, 2.45) is 0 Å². The molecule has 0 saturated heterocycles. The zero-order valence-electron chi connectivity index (χ0n) is 12.6. The SMILES string of the molecule is CC(C)Oc1ccc(C(=O)OCc2ccccc2C#N)cc1. The molecular formula is C18H17NO3. The van der Waals surface area contributed by atoms with Gasteiger partial charge in [0.25, 0.3) is 0 Å². The van der Waals surface area contributed by atoms with Crippen LogP contribution in [0.1, 0.15) is 35.3 Å². The van der Waals surface area contributed by atoms with Gasteiger partial charge in [0.15, 0.2) is 0 Å². The molecule has 4 heteroatoms. The molecule has 2 aromatic carbocycles. The van der Waals surface area contributed by atoms with Crippen LogP contribution in [0.15, 0.2) is 48.5 Å². The quantitative estimate of drug-likeness (QED) is 0.789.